The van der Waals surface area contributed by atoms with Crippen molar-refractivity contribution in [1.29, 1.82) is 0 Å². The molecule has 36 heavy (non-hydrogen) atoms. The molecule has 3 heterocycles. The minimum atomic E-state index is -0.912. The van der Waals surface area contributed by atoms with Gasteiger partial charge in [-0.1, -0.05) is 19.1 Å². The molecular formula is C25H30N6O5. The molecular weight excluding hydrogens is 464 g/mol. The number of rotatable bonds is 5. The Kier molecular flexibility index (Phi) is 5.70. The zero-order valence-corrected chi connectivity index (χ0v) is 20.7. The molecule has 2 unspecified atom stereocenters. The van der Waals surface area contributed by atoms with Gasteiger partial charge in [-0.25, -0.2) is 4.68 Å². The summed E-state index contributed by atoms with van der Waals surface area (Å²) in [7, 11) is 1.65. The van der Waals surface area contributed by atoms with Gasteiger partial charge in [0, 0.05) is 32.1 Å². The normalized spacial score (nSPS) is 25.2. The fourth-order valence-electron chi connectivity index (χ4n) is 5.67. The van der Waals surface area contributed by atoms with Crippen LogP contribution >= 0.6 is 0 Å². The molecule has 3 aliphatic rings. The highest BCUT2D eigenvalue weighted by atomic mass is 16.3. The maximum absolute atomic E-state index is 13.0. The molecule has 2 N–H and O–H groups in total. The molecule has 0 spiro atoms. The van der Waals surface area contributed by atoms with Crippen molar-refractivity contribution in [3.8, 4) is 5.69 Å². The number of carbonyl (C=O) groups excluding carboxylic acids is 4. The highest BCUT2D eigenvalue weighted by Gasteiger charge is 2.43. The number of amides is 4. The molecule has 1 aromatic carbocycles. The SMILES string of the molecule is CN(CC1(O)CCC(C)(C)C1)C(=O)c1cn(-c2ccc3c(c2)CN(C2CCC(=O)NC2=O)C3=O)nn1. The Morgan fingerprint density at radius 1 is 1.25 bits per heavy atom. The molecule has 11 heteroatoms. The van der Waals surface area contributed by atoms with Crippen molar-refractivity contribution in [3.63, 3.8) is 0 Å². The van der Waals surface area contributed by atoms with E-state index < -0.39 is 17.6 Å². The van der Waals surface area contributed by atoms with Crippen LogP contribution in [0.25, 0.3) is 5.69 Å². The van der Waals surface area contributed by atoms with Gasteiger partial charge in [0.2, 0.25) is 11.8 Å². The quantitative estimate of drug-likeness (QED) is 0.593. The summed E-state index contributed by atoms with van der Waals surface area (Å²) in [6, 6.07) is 4.49. The van der Waals surface area contributed by atoms with E-state index in [9.17, 15) is 24.3 Å². The zero-order chi connectivity index (χ0) is 25.8. The summed E-state index contributed by atoms with van der Waals surface area (Å²) in [5.74, 6) is -1.37. The van der Waals surface area contributed by atoms with Gasteiger partial charge in [-0.05, 0) is 54.9 Å². The smallest absolute Gasteiger partial charge is 0.275 e. The molecule has 4 amide bonds. The summed E-state index contributed by atoms with van der Waals surface area (Å²) in [6.07, 6.45) is 4.20. The fraction of sp³-hybridized carbons (Fsp3) is 0.520. The summed E-state index contributed by atoms with van der Waals surface area (Å²) < 4.78 is 1.47. The number of likely N-dealkylation sites (N-methyl/N-ethyl adjacent to an activating group) is 1. The number of aliphatic hydroxyl groups is 1. The van der Waals surface area contributed by atoms with Gasteiger partial charge in [0.15, 0.2) is 5.69 Å². The Hall–Kier alpha value is -3.60. The number of hydrogen-bond donors (Lipinski definition) is 2. The Morgan fingerprint density at radius 3 is 2.72 bits per heavy atom. The summed E-state index contributed by atoms with van der Waals surface area (Å²) in [5.41, 5.74) is 1.13. The lowest BCUT2D eigenvalue weighted by atomic mass is 9.89. The summed E-state index contributed by atoms with van der Waals surface area (Å²) in [4.78, 5) is 52.6. The first-order valence-corrected chi connectivity index (χ1v) is 12.1. The largest absolute Gasteiger partial charge is 0.388 e. The number of fused-ring (bicyclic) bond motifs is 1. The molecule has 1 saturated heterocycles. The van der Waals surface area contributed by atoms with E-state index in [0.29, 0.717) is 30.5 Å². The molecule has 2 atom stereocenters. The van der Waals surface area contributed by atoms with Crippen LogP contribution in [0.15, 0.2) is 24.4 Å². The molecule has 0 radical (unpaired) electrons. The van der Waals surface area contributed by atoms with Gasteiger partial charge < -0.3 is 14.9 Å². The average molecular weight is 495 g/mol. The van der Waals surface area contributed by atoms with Crippen molar-refractivity contribution in [2.45, 2.75) is 64.1 Å². The maximum atomic E-state index is 13.0. The van der Waals surface area contributed by atoms with Gasteiger partial charge >= 0.3 is 0 Å². The van der Waals surface area contributed by atoms with Crippen molar-refractivity contribution in [2.75, 3.05) is 13.6 Å². The lowest BCUT2D eigenvalue weighted by Gasteiger charge is -2.29. The number of hydrogen-bond acceptors (Lipinski definition) is 7. The third kappa shape index (κ3) is 4.39. The predicted octanol–water partition coefficient (Wildman–Crippen LogP) is 1.04. The standard InChI is InChI=1S/C25H30N6O5/c1-24(2)8-9-25(36,13-24)14-29(3)23(35)18-12-31(28-27-18)16-4-5-17-15(10-16)11-30(22(17)34)19-6-7-20(32)26-21(19)33/h4-5,10,12,19,36H,6-9,11,13-14H2,1-3H3,(H,26,32,33). The van der Waals surface area contributed by atoms with E-state index in [-0.39, 0.29) is 48.3 Å². The van der Waals surface area contributed by atoms with Gasteiger partial charge in [-0.3, -0.25) is 24.5 Å². The molecule has 0 bridgehead atoms. The van der Waals surface area contributed by atoms with Crippen LogP contribution in [0.1, 0.15) is 72.4 Å². The number of aromatic nitrogens is 3. The fourth-order valence-corrected chi connectivity index (χ4v) is 5.67. The van der Waals surface area contributed by atoms with E-state index in [2.05, 4.69) is 29.5 Å². The Balaban J connectivity index is 1.29. The third-order valence-electron chi connectivity index (χ3n) is 7.44. The Bertz CT molecular complexity index is 1270. The van der Waals surface area contributed by atoms with Gasteiger partial charge in [0.05, 0.1) is 17.5 Å². The Morgan fingerprint density at radius 2 is 2.03 bits per heavy atom. The average Bonchev–Trinajstić information content (AvgIpc) is 3.49. The number of piperidine rings is 1. The first-order chi connectivity index (χ1) is 16.9. The molecule has 5 rings (SSSR count). The van der Waals surface area contributed by atoms with Crippen molar-refractivity contribution < 1.29 is 24.3 Å². The van der Waals surface area contributed by atoms with E-state index >= 15 is 0 Å². The molecule has 2 fully saturated rings. The van der Waals surface area contributed by atoms with E-state index in [4.69, 9.17) is 0 Å². The van der Waals surface area contributed by atoms with Crippen LogP contribution in [0.2, 0.25) is 0 Å². The molecule has 1 aliphatic carbocycles. The second kappa shape index (κ2) is 8.51. The summed E-state index contributed by atoms with van der Waals surface area (Å²) in [6.45, 7) is 4.70. The first kappa shape index (κ1) is 24.1. The molecule has 1 saturated carbocycles. The summed E-state index contributed by atoms with van der Waals surface area (Å²) in [5, 5.41) is 21.3. The molecule has 2 aromatic rings. The van der Waals surface area contributed by atoms with Gasteiger partial charge in [0.25, 0.3) is 11.8 Å². The van der Waals surface area contributed by atoms with Crippen LogP contribution in [0.3, 0.4) is 0 Å². The van der Waals surface area contributed by atoms with E-state index in [1.165, 1.54) is 20.7 Å². The topological polar surface area (TPSA) is 138 Å². The van der Waals surface area contributed by atoms with E-state index in [1.807, 2.05) is 0 Å². The zero-order valence-electron chi connectivity index (χ0n) is 20.7. The lowest BCUT2D eigenvalue weighted by molar-refractivity contribution is -0.136. The van der Waals surface area contributed by atoms with Crippen LogP contribution in [-0.2, 0) is 16.1 Å². The predicted molar refractivity (Wildman–Crippen MR) is 127 cm³/mol. The van der Waals surface area contributed by atoms with E-state index in [1.54, 1.807) is 25.2 Å². The van der Waals surface area contributed by atoms with Crippen molar-refractivity contribution >= 4 is 23.6 Å². The molecule has 190 valence electrons. The van der Waals surface area contributed by atoms with Crippen LogP contribution < -0.4 is 5.32 Å². The maximum Gasteiger partial charge on any atom is 0.275 e. The monoisotopic (exact) mass is 494 g/mol. The van der Waals surface area contributed by atoms with E-state index in [0.717, 1.165) is 12.0 Å². The number of benzene rings is 1. The minimum Gasteiger partial charge on any atom is -0.388 e. The van der Waals surface area contributed by atoms with Crippen LogP contribution in [-0.4, -0.2) is 78.8 Å². The number of nitrogens with one attached hydrogen (secondary N) is 1. The van der Waals surface area contributed by atoms with Crippen LogP contribution in [0, 0.1) is 5.41 Å². The first-order valence-electron chi connectivity index (χ1n) is 12.1. The number of carbonyl (C=O) groups is 4. The van der Waals surface area contributed by atoms with Crippen molar-refractivity contribution in [3.05, 3.63) is 41.2 Å². The highest BCUT2D eigenvalue weighted by molar-refractivity contribution is 6.05. The van der Waals surface area contributed by atoms with Crippen molar-refractivity contribution in [2.24, 2.45) is 5.41 Å². The Labute approximate surface area is 208 Å². The summed E-state index contributed by atoms with van der Waals surface area (Å²) >= 11 is 0. The minimum absolute atomic E-state index is 0.0461. The van der Waals surface area contributed by atoms with Crippen molar-refractivity contribution in [1.82, 2.24) is 30.1 Å². The molecule has 11 nitrogen and oxygen atoms in total. The van der Waals surface area contributed by atoms with Crippen LogP contribution in [0.5, 0.6) is 0 Å². The number of imide groups is 1. The second-order valence-electron chi connectivity index (χ2n) is 11.0. The molecule has 1 aromatic heterocycles. The van der Waals surface area contributed by atoms with Crippen LogP contribution in [0.4, 0.5) is 0 Å². The van der Waals surface area contributed by atoms with Gasteiger partial charge in [0.1, 0.15) is 6.04 Å². The lowest BCUT2D eigenvalue weighted by Crippen LogP contribution is -2.52. The third-order valence-corrected chi connectivity index (χ3v) is 7.44. The van der Waals surface area contributed by atoms with Gasteiger partial charge in [-0.15, -0.1) is 5.10 Å². The molecule has 2 aliphatic heterocycles. The number of nitrogens with zero attached hydrogens (tertiary/aromatic N) is 5. The van der Waals surface area contributed by atoms with Gasteiger partial charge in [-0.2, -0.15) is 0 Å². The highest BCUT2D eigenvalue weighted by Crippen LogP contribution is 2.43. The second-order valence-corrected chi connectivity index (χ2v) is 11.0.